The lowest BCUT2D eigenvalue weighted by Gasteiger charge is -2.06. The highest BCUT2D eigenvalue weighted by atomic mass is 35.5. The predicted octanol–water partition coefficient (Wildman–Crippen LogP) is 2.39. The Morgan fingerprint density at radius 2 is 2.24 bits per heavy atom. The van der Waals surface area contributed by atoms with Crippen molar-refractivity contribution < 1.29 is 0 Å². The lowest BCUT2D eigenvalue weighted by molar-refractivity contribution is 0.616. The SMILES string of the molecule is NCc1nnn(C2CC2)c1-c1cccc(Cl)c1. The Labute approximate surface area is 104 Å². The van der Waals surface area contributed by atoms with Crippen molar-refractivity contribution in [3.05, 3.63) is 35.0 Å². The van der Waals surface area contributed by atoms with Gasteiger partial charge in [-0.1, -0.05) is 28.9 Å². The Morgan fingerprint density at radius 3 is 2.88 bits per heavy atom. The Balaban J connectivity index is 2.14. The zero-order valence-electron chi connectivity index (χ0n) is 9.31. The van der Waals surface area contributed by atoms with Gasteiger partial charge in [0.15, 0.2) is 0 Å². The zero-order valence-corrected chi connectivity index (χ0v) is 10.1. The highest BCUT2D eigenvalue weighted by molar-refractivity contribution is 6.30. The van der Waals surface area contributed by atoms with Crippen molar-refractivity contribution in [1.29, 1.82) is 0 Å². The summed E-state index contributed by atoms with van der Waals surface area (Å²) in [4.78, 5) is 0. The first kappa shape index (κ1) is 10.7. The summed E-state index contributed by atoms with van der Waals surface area (Å²) in [5.74, 6) is 0. The molecule has 0 saturated heterocycles. The summed E-state index contributed by atoms with van der Waals surface area (Å²) in [5.41, 5.74) is 8.59. The number of aromatic nitrogens is 3. The molecular formula is C12H13ClN4. The lowest BCUT2D eigenvalue weighted by Crippen LogP contribution is -2.02. The van der Waals surface area contributed by atoms with Crippen molar-refractivity contribution in [3.8, 4) is 11.3 Å². The van der Waals surface area contributed by atoms with Crippen LogP contribution in [-0.2, 0) is 6.54 Å². The molecular weight excluding hydrogens is 236 g/mol. The third kappa shape index (κ3) is 1.94. The van der Waals surface area contributed by atoms with Gasteiger partial charge in [-0.25, -0.2) is 4.68 Å². The highest BCUT2D eigenvalue weighted by Crippen LogP contribution is 2.38. The monoisotopic (exact) mass is 248 g/mol. The minimum atomic E-state index is 0.397. The topological polar surface area (TPSA) is 56.7 Å². The molecule has 0 atom stereocenters. The van der Waals surface area contributed by atoms with Crippen LogP contribution in [-0.4, -0.2) is 15.0 Å². The molecule has 1 saturated carbocycles. The maximum absolute atomic E-state index is 6.02. The highest BCUT2D eigenvalue weighted by Gasteiger charge is 2.29. The summed E-state index contributed by atoms with van der Waals surface area (Å²) in [6.07, 6.45) is 2.34. The first-order valence-corrected chi connectivity index (χ1v) is 6.07. The molecule has 1 fully saturated rings. The van der Waals surface area contributed by atoms with E-state index in [2.05, 4.69) is 10.3 Å². The molecule has 2 aromatic rings. The number of benzene rings is 1. The van der Waals surface area contributed by atoms with Crippen molar-refractivity contribution in [2.24, 2.45) is 5.73 Å². The summed E-state index contributed by atoms with van der Waals surface area (Å²) < 4.78 is 1.98. The van der Waals surface area contributed by atoms with E-state index in [1.54, 1.807) is 0 Å². The van der Waals surface area contributed by atoms with Gasteiger partial charge >= 0.3 is 0 Å². The first-order valence-electron chi connectivity index (χ1n) is 5.69. The van der Waals surface area contributed by atoms with Crippen LogP contribution in [0.5, 0.6) is 0 Å². The van der Waals surface area contributed by atoms with Crippen LogP contribution in [0, 0.1) is 0 Å². The van der Waals surface area contributed by atoms with Gasteiger partial charge in [0.2, 0.25) is 0 Å². The molecule has 0 bridgehead atoms. The van der Waals surface area contributed by atoms with Gasteiger partial charge in [0.25, 0.3) is 0 Å². The van der Waals surface area contributed by atoms with Crippen LogP contribution in [0.1, 0.15) is 24.6 Å². The molecule has 1 aromatic heterocycles. The fourth-order valence-electron chi connectivity index (χ4n) is 1.97. The fraction of sp³-hybridized carbons (Fsp3) is 0.333. The van der Waals surface area contributed by atoms with Gasteiger partial charge in [-0.2, -0.15) is 0 Å². The molecule has 5 heteroatoms. The minimum Gasteiger partial charge on any atom is -0.325 e. The van der Waals surface area contributed by atoms with E-state index < -0.39 is 0 Å². The number of hydrogen-bond donors (Lipinski definition) is 1. The van der Waals surface area contributed by atoms with Crippen LogP contribution in [0.15, 0.2) is 24.3 Å². The van der Waals surface area contributed by atoms with E-state index in [1.165, 1.54) is 12.8 Å². The van der Waals surface area contributed by atoms with Crippen molar-refractivity contribution in [1.82, 2.24) is 15.0 Å². The second-order valence-electron chi connectivity index (χ2n) is 4.27. The minimum absolute atomic E-state index is 0.397. The molecule has 1 heterocycles. The third-order valence-electron chi connectivity index (χ3n) is 2.95. The molecule has 3 rings (SSSR count). The van der Waals surface area contributed by atoms with Gasteiger partial charge in [0.05, 0.1) is 11.7 Å². The van der Waals surface area contributed by atoms with E-state index in [9.17, 15) is 0 Å². The third-order valence-corrected chi connectivity index (χ3v) is 3.18. The normalized spacial score (nSPS) is 15.2. The Bertz CT molecular complexity index is 545. The van der Waals surface area contributed by atoms with Gasteiger partial charge in [-0.05, 0) is 25.0 Å². The van der Waals surface area contributed by atoms with E-state index in [4.69, 9.17) is 17.3 Å². The predicted molar refractivity (Wildman–Crippen MR) is 66.6 cm³/mol. The Hall–Kier alpha value is -1.39. The standard InChI is InChI=1S/C12H13ClN4/c13-9-3-1-2-8(6-9)12-11(7-14)15-16-17(12)10-4-5-10/h1-3,6,10H,4-5,7,14H2. The number of halogens is 1. The van der Waals surface area contributed by atoms with Crippen LogP contribution >= 0.6 is 11.6 Å². The number of rotatable bonds is 3. The Kier molecular flexibility index (Phi) is 2.61. The summed E-state index contributed by atoms with van der Waals surface area (Å²) >= 11 is 6.02. The van der Waals surface area contributed by atoms with Gasteiger partial charge in [0.1, 0.15) is 5.69 Å². The zero-order chi connectivity index (χ0) is 11.8. The average Bonchev–Trinajstić information content (AvgIpc) is 3.08. The Morgan fingerprint density at radius 1 is 1.41 bits per heavy atom. The van der Waals surface area contributed by atoms with Crippen LogP contribution in [0.25, 0.3) is 11.3 Å². The molecule has 0 aliphatic heterocycles. The van der Waals surface area contributed by atoms with Gasteiger partial charge in [-0.15, -0.1) is 5.10 Å². The molecule has 1 aromatic carbocycles. The summed E-state index contributed by atoms with van der Waals surface area (Å²) in [6.45, 7) is 0.397. The van der Waals surface area contributed by atoms with Crippen molar-refractivity contribution in [2.45, 2.75) is 25.4 Å². The molecule has 1 aliphatic carbocycles. The molecule has 88 valence electrons. The summed E-state index contributed by atoms with van der Waals surface area (Å²) in [6, 6.07) is 8.22. The fourth-order valence-corrected chi connectivity index (χ4v) is 2.16. The first-order chi connectivity index (χ1) is 8.29. The van der Waals surface area contributed by atoms with E-state index in [0.29, 0.717) is 17.6 Å². The second kappa shape index (κ2) is 4.13. The lowest BCUT2D eigenvalue weighted by atomic mass is 10.1. The van der Waals surface area contributed by atoms with E-state index >= 15 is 0 Å². The summed E-state index contributed by atoms with van der Waals surface area (Å²) in [7, 11) is 0. The molecule has 4 nitrogen and oxygen atoms in total. The molecule has 0 spiro atoms. The maximum Gasteiger partial charge on any atom is 0.104 e. The van der Waals surface area contributed by atoms with Crippen molar-refractivity contribution in [3.63, 3.8) is 0 Å². The van der Waals surface area contributed by atoms with E-state index in [-0.39, 0.29) is 0 Å². The quantitative estimate of drug-likeness (QED) is 0.908. The van der Waals surface area contributed by atoms with Crippen LogP contribution in [0.3, 0.4) is 0 Å². The largest absolute Gasteiger partial charge is 0.325 e. The molecule has 2 N–H and O–H groups in total. The maximum atomic E-state index is 6.02. The molecule has 0 radical (unpaired) electrons. The smallest absolute Gasteiger partial charge is 0.104 e. The van der Waals surface area contributed by atoms with E-state index in [1.807, 2.05) is 28.9 Å². The van der Waals surface area contributed by atoms with Crippen LogP contribution in [0.4, 0.5) is 0 Å². The van der Waals surface area contributed by atoms with Crippen LogP contribution in [0.2, 0.25) is 5.02 Å². The van der Waals surface area contributed by atoms with Gasteiger partial charge < -0.3 is 5.73 Å². The van der Waals surface area contributed by atoms with Crippen molar-refractivity contribution >= 4 is 11.6 Å². The van der Waals surface area contributed by atoms with Gasteiger partial charge in [-0.3, -0.25) is 0 Å². The summed E-state index contributed by atoms with van der Waals surface area (Å²) in [5, 5.41) is 9.06. The number of nitrogens with two attached hydrogens (primary N) is 1. The van der Waals surface area contributed by atoms with Crippen LogP contribution < -0.4 is 5.73 Å². The molecule has 0 amide bonds. The second-order valence-corrected chi connectivity index (χ2v) is 4.71. The van der Waals surface area contributed by atoms with E-state index in [0.717, 1.165) is 17.0 Å². The number of nitrogens with zero attached hydrogens (tertiary/aromatic N) is 3. The average molecular weight is 249 g/mol. The molecule has 17 heavy (non-hydrogen) atoms. The van der Waals surface area contributed by atoms with Gasteiger partial charge in [0, 0.05) is 17.1 Å². The molecule has 0 unspecified atom stereocenters. The van der Waals surface area contributed by atoms with Crippen molar-refractivity contribution in [2.75, 3.05) is 0 Å². The molecule has 1 aliphatic rings. The number of hydrogen-bond acceptors (Lipinski definition) is 3.